The van der Waals surface area contributed by atoms with E-state index in [0.717, 1.165) is 20.8 Å². The van der Waals surface area contributed by atoms with Gasteiger partial charge in [0.1, 0.15) is 6.29 Å². The summed E-state index contributed by atoms with van der Waals surface area (Å²) in [5, 5.41) is 0. The van der Waals surface area contributed by atoms with Crippen LogP contribution in [0.15, 0.2) is 33.2 Å². The average molecular weight is 290 g/mol. The second kappa shape index (κ2) is 4.58. The van der Waals surface area contributed by atoms with E-state index >= 15 is 0 Å². The molecule has 0 heterocycles. The van der Waals surface area contributed by atoms with Gasteiger partial charge in [-0.15, -0.1) is 0 Å². The molecule has 0 amide bonds. The van der Waals surface area contributed by atoms with Crippen LogP contribution in [0.5, 0.6) is 0 Å². The van der Waals surface area contributed by atoms with Crippen LogP contribution in [0.2, 0.25) is 0 Å². The van der Waals surface area contributed by atoms with Gasteiger partial charge in [0.25, 0.3) is 0 Å². The molecule has 0 saturated heterocycles. The molecule has 62 valence electrons. The van der Waals surface area contributed by atoms with Crippen molar-refractivity contribution in [3.63, 3.8) is 0 Å². The highest BCUT2D eigenvalue weighted by molar-refractivity contribution is 9.13. The summed E-state index contributed by atoms with van der Waals surface area (Å²) in [6.45, 7) is 0. The zero-order valence-corrected chi connectivity index (χ0v) is 9.30. The van der Waals surface area contributed by atoms with Crippen LogP contribution in [0, 0.1) is 0 Å². The number of rotatable bonds is 2. The largest absolute Gasteiger partial charge is 0.299 e. The Bertz CT molecular complexity index is 318. The summed E-state index contributed by atoms with van der Waals surface area (Å²) in [7, 11) is 0. The Balaban J connectivity index is 2.96. The number of carbonyl (C=O) groups excluding carboxylic acids is 1. The Morgan fingerprint density at radius 3 is 2.50 bits per heavy atom. The molecular weight excluding hydrogens is 284 g/mol. The molecule has 3 heteroatoms. The summed E-state index contributed by atoms with van der Waals surface area (Å²) in [6, 6.07) is 5.79. The van der Waals surface area contributed by atoms with Crippen molar-refractivity contribution >= 4 is 44.2 Å². The van der Waals surface area contributed by atoms with Gasteiger partial charge >= 0.3 is 0 Å². The van der Waals surface area contributed by atoms with E-state index in [9.17, 15) is 4.79 Å². The minimum Gasteiger partial charge on any atom is -0.299 e. The van der Waals surface area contributed by atoms with E-state index in [1.54, 1.807) is 6.08 Å². The van der Waals surface area contributed by atoms with Gasteiger partial charge in [-0.1, -0.05) is 12.1 Å². The Morgan fingerprint density at radius 1 is 1.17 bits per heavy atom. The van der Waals surface area contributed by atoms with E-state index in [1.807, 2.05) is 18.2 Å². The fourth-order valence-electron chi connectivity index (χ4n) is 0.766. The standard InChI is InChI=1S/C9H6Br2O/c10-8-4-3-7(2-1-5-12)6-9(8)11/h1-6H. The predicted octanol–water partition coefficient (Wildman–Crippen LogP) is 3.42. The highest BCUT2D eigenvalue weighted by Gasteiger charge is 1.94. The first-order chi connectivity index (χ1) is 5.74. The maximum Gasteiger partial charge on any atom is 0.142 e. The molecule has 0 aromatic heterocycles. The Labute approximate surface area is 87.7 Å². The van der Waals surface area contributed by atoms with E-state index in [1.165, 1.54) is 6.08 Å². The highest BCUT2D eigenvalue weighted by atomic mass is 79.9. The van der Waals surface area contributed by atoms with Crippen molar-refractivity contribution in [2.24, 2.45) is 0 Å². The van der Waals surface area contributed by atoms with Crippen LogP contribution in [0.4, 0.5) is 0 Å². The first-order valence-electron chi connectivity index (χ1n) is 3.31. The first kappa shape index (κ1) is 9.68. The number of halogens is 2. The van der Waals surface area contributed by atoms with Crippen molar-refractivity contribution in [2.45, 2.75) is 0 Å². The number of benzene rings is 1. The number of hydrogen-bond donors (Lipinski definition) is 0. The minimum atomic E-state index is 0.760. The van der Waals surface area contributed by atoms with Gasteiger partial charge in [0.15, 0.2) is 0 Å². The van der Waals surface area contributed by atoms with E-state index in [0.29, 0.717) is 0 Å². The number of carbonyl (C=O) groups is 1. The molecule has 0 bridgehead atoms. The Morgan fingerprint density at radius 2 is 1.92 bits per heavy atom. The second-order valence-corrected chi connectivity index (χ2v) is 3.88. The summed E-state index contributed by atoms with van der Waals surface area (Å²) >= 11 is 6.73. The normalized spacial score (nSPS) is 10.5. The summed E-state index contributed by atoms with van der Waals surface area (Å²) < 4.78 is 1.99. The van der Waals surface area contributed by atoms with E-state index in [-0.39, 0.29) is 0 Å². The lowest BCUT2D eigenvalue weighted by molar-refractivity contribution is -0.104. The van der Waals surface area contributed by atoms with E-state index < -0.39 is 0 Å². The molecule has 0 fully saturated rings. The van der Waals surface area contributed by atoms with E-state index in [4.69, 9.17) is 0 Å². The smallest absolute Gasteiger partial charge is 0.142 e. The summed E-state index contributed by atoms with van der Waals surface area (Å²) in [6.07, 6.45) is 3.98. The van der Waals surface area contributed by atoms with Crippen molar-refractivity contribution in [2.75, 3.05) is 0 Å². The monoisotopic (exact) mass is 288 g/mol. The van der Waals surface area contributed by atoms with Crippen molar-refractivity contribution in [3.8, 4) is 0 Å². The first-order valence-corrected chi connectivity index (χ1v) is 4.89. The van der Waals surface area contributed by atoms with Gasteiger partial charge in [-0.3, -0.25) is 4.79 Å². The zero-order valence-electron chi connectivity index (χ0n) is 6.13. The molecule has 0 atom stereocenters. The van der Waals surface area contributed by atoms with Crippen LogP contribution >= 0.6 is 31.9 Å². The summed E-state index contributed by atoms with van der Waals surface area (Å²) in [5.41, 5.74) is 0.997. The lowest BCUT2D eigenvalue weighted by Gasteiger charge is -1.96. The van der Waals surface area contributed by atoms with Gasteiger partial charge in [0, 0.05) is 8.95 Å². The lowest BCUT2D eigenvalue weighted by atomic mass is 10.2. The van der Waals surface area contributed by atoms with Crippen LogP contribution < -0.4 is 0 Å². The molecule has 12 heavy (non-hydrogen) atoms. The zero-order chi connectivity index (χ0) is 8.97. The molecule has 0 saturated carbocycles. The molecule has 0 radical (unpaired) electrons. The third-order valence-corrected chi connectivity index (χ3v) is 3.19. The summed E-state index contributed by atoms with van der Waals surface area (Å²) in [4.78, 5) is 10.0. The number of allylic oxidation sites excluding steroid dienone is 1. The van der Waals surface area contributed by atoms with Crippen molar-refractivity contribution in [1.29, 1.82) is 0 Å². The molecule has 1 rings (SSSR count). The maximum absolute atomic E-state index is 10.0. The second-order valence-electron chi connectivity index (χ2n) is 2.17. The Kier molecular flexibility index (Phi) is 3.69. The molecule has 1 nitrogen and oxygen atoms in total. The molecule has 1 aromatic carbocycles. The van der Waals surface area contributed by atoms with Gasteiger partial charge in [-0.2, -0.15) is 0 Å². The van der Waals surface area contributed by atoms with Crippen molar-refractivity contribution in [1.82, 2.24) is 0 Å². The quantitative estimate of drug-likeness (QED) is 0.602. The maximum atomic E-state index is 10.0. The van der Waals surface area contributed by atoms with Gasteiger partial charge in [0.2, 0.25) is 0 Å². The fourth-order valence-corrected chi connectivity index (χ4v) is 1.41. The van der Waals surface area contributed by atoms with E-state index in [2.05, 4.69) is 31.9 Å². The SMILES string of the molecule is O=CC=Cc1ccc(Br)c(Br)c1. The van der Waals surface area contributed by atoms with Gasteiger partial charge in [-0.25, -0.2) is 0 Å². The average Bonchev–Trinajstić information content (AvgIpc) is 2.07. The van der Waals surface area contributed by atoms with Crippen LogP contribution in [-0.4, -0.2) is 6.29 Å². The van der Waals surface area contributed by atoms with Gasteiger partial charge < -0.3 is 0 Å². The predicted molar refractivity (Wildman–Crippen MR) is 56.9 cm³/mol. The van der Waals surface area contributed by atoms with Crippen molar-refractivity contribution in [3.05, 3.63) is 38.8 Å². The molecular formula is C9H6Br2O. The molecule has 1 aromatic rings. The number of hydrogen-bond acceptors (Lipinski definition) is 1. The van der Waals surface area contributed by atoms with Crippen LogP contribution in [0.1, 0.15) is 5.56 Å². The van der Waals surface area contributed by atoms with Crippen LogP contribution in [-0.2, 0) is 4.79 Å². The van der Waals surface area contributed by atoms with Gasteiger partial charge in [0.05, 0.1) is 0 Å². The third kappa shape index (κ3) is 2.57. The molecule has 0 unspecified atom stereocenters. The van der Waals surface area contributed by atoms with Crippen LogP contribution in [0.25, 0.3) is 6.08 Å². The third-order valence-electron chi connectivity index (χ3n) is 1.31. The highest BCUT2D eigenvalue weighted by Crippen LogP contribution is 2.24. The van der Waals surface area contributed by atoms with Gasteiger partial charge in [-0.05, 0) is 55.6 Å². The minimum absolute atomic E-state index is 0.760. The molecule has 0 spiro atoms. The lowest BCUT2D eigenvalue weighted by Crippen LogP contribution is -1.74. The Hall–Kier alpha value is -0.410. The van der Waals surface area contributed by atoms with Crippen molar-refractivity contribution < 1.29 is 4.79 Å². The number of aldehydes is 1. The topological polar surface area (TPSA) is 17.1 Å². The van der Waals surface area contributed by atoms with Crippen LogP contribution in [0.3, 0.4) is 0 Å². The molecule has 0 N–H and O–H groups in total. The fraction of sp³-hybridized carbons (Fsp3) is 0. The molecule has 0 aliphatic heterocycles. The molecule has 0 aliphatic rings. The summed E-state index contributed by atoms with van der Waals surface area (Å²) in [5.74, 6) is 0. The molecule has 0 aliphatic carbocycles.